The lowest BCUT2D eigenvalue weighted by Crippen LogP contribution is -2.54. The first-order valence-corrected chi connectivity index (χ1v) is 17.9. The van der Waals surface area contributed by atoms with Gasteiger partial charge in [0.25, 0.3) is 10.0 Å². The molecule has 7 nitrogen and oxygen atoms in total. The van der Waals surface area contributed by atoms with E-state index in [0.29, 0.717) is 15.6 Å². The fourth-order valence-corrected chi connectivity index (χ4v) is 7.65. The summed E-state index contributed by atoms with van der Waals surface area (Å²) in [7, 11) is -4.23. The molecule has 1 aliphatic rings. The Bertz CT molecular complexity index is 1810. The Morgan fingerprint density at radius 3 is 2.19 bits per heavy atom. The van der Waals surface area contributed by atoms with Gasteiger partial charge in [0, 0.05) is 29.1 Å². The second-order valence-electron chi connectivity index (χ2n) is 12.1. The van der Waals surface area contributed by atoms with Crippen LogP contribution in [0.4, 0.5) is 5.69 Å². The molecule has 0 bridgehead atoms. The number of hydrogen-bond donors (Lipinski definition) is 1. The highest BCUT2D eigenvalue weighted by Crippen LogP contribution is 2.29. The monoisotopic (exact) mass is 691 g/mol. The number of nitrogens with zero attached hydrogens (tertiary/aromatic N) is 2. The number of benzene rings is 4. The van der Waals surface area contributed by atoms with E-state index in [0.717, 1.165) is 46.7 Å². The summed E-state index contributed by atoms with van der Waals surface area (Å²) in [5.74, 6) is -0.817. The van der Waals surface area contributed by atoms with Crippen molar-refractivity contribution in [1.82, 2.24) is 10.2 Å². The summed E-state index contributed by atoms with van der Waals surface area (Å²) in [6.07, 6.45) is 4.06. The van der Waals surface area contributed by atoms with E-state index in [1.807, 2.05) is 50.2 Å². The number of nitrogens with one attached hydrogen (secondary N) is 1. The maximum atomic E-state index is 14.6. The van der Waals surface area contributed by atoms with Crippen LogP contribution in [0.2, 0.25) is 10.0 Å². The molecule has 0 radical (unpaired) electrons. The Morgan fingerprint density at radius 1 is 0.851 bits per heavy atom. The fraction of sp³-hybridized carbons (Fsp3) is 0.297. The predicted octanol–water partition coefficient (Wildman–Crippen LogP) is 7.50. The van der Waals surface area contributed by atoms with Crippen LogP contribution in [0.5, 0.6) is 0 Å². The lowest BCUT2D eigenvalue weighted by Gasteiger charge is -2.34. The number of carbonyl (C=O) groups excluding carboxylic acids is 2. The summed E-state index contributed by atoms with van der Waals surface area (Å²) in [6, 6.07) is 27.1. The first kappa shape index (κ1) is 34.5. The van der Waals surface area contributed by atoms with Crippen LogP contribution < -0.4 is 9.62 Å². The van der Waals surface area contributed by atoms with Crippen LogP contribution in [-0.2, 0) is 32.6 Å². The molecule has 246 valence electrons. The van der Waals surface area contributed by atoms with Crippen LogP contribution in [-0.4, -0.2) is 43.8 Å². The summed E-state index contributed by atoms with van der Waals surface area (Å²) >= 11 is 12.8. The molecular weight excluding hydrogens is 653 g/mol. The molecule has 5 rings (SSSR count). The number of amides is 2. The molecule has 1 unspecified atom stereocenters. The molecule has 0 heterocycles. The van der Waals surface area contributed by atoms with Crippen LogP contribution in [0.15, 0.2) is 102 Å². The molecule has 1 fully saturated rings. The molecule has 0 saturated heterocycles. The molecule has 0 aliphatic heterocycles. The van der Waals surface area contributed by atoms with E-state index in [2.05, 4.69) is 5.32 Å². The molecule has 47 heavy (non-hydrogen) atoms. The largest absolute Gasteiger partial charge is 0.352 e. The minimum Gasteiger partial charge on any atom is -0.352 e. The normalized spacial score (nSPS) is 14.0. The minimum absolute atomic E-state index is 0.0250. The highest BCUT2D eigenvalue weighted by Gasteiger charge is 2.35. The van der Waals surface area contributed by atoms with Crippen molar-refractivity contribution in [2.45, 2.75) is 69.5 Å². The highest BCUT2D eigenvalue weighted by atomic mass is 35.5. The van der Waals surface area contributed by atoms with Gasteiger partial charge in [-0.15, -0.1) is 0 Å². The highest BCUT2D eigenvalue weighted by molar-refractivity contribution is 7.92. The molecule has 1 atom stereocenters. The first-order chi connectivity index (χ1) is 22.5. The van der Waals surface area contributed by atoms with Gasteiger partial charge in [0.15, 0.2) is 0 Å². The second-order valence-corrected chi connectivity index (χ2v) is 14.8. The molecule has 1 N–H and O–H groups in total. The molecule has 0 aromatic heterocycles. The van der Waals surface area contributed by atoms with Gasteiger partial charge in [0.1, 0.15) is 12.6 Å². The van der Waals surface area contributed by atoms with E-state index in [4.69, 9.17) is 23.2 Å². The van der Waals surface area contributed by atoms with Crippen LogP contribution in [0, 0.1) is 13.8 Å². The van der Waals surface area contributed by atoms with E-state index >= 15 is 0 Å². The van der Waals surface area contributed by atoms with Crippen molar-refractivity contribution in [3.8, 4) is 0 Å². The van der Waals surface area contributed by atoms with Crippen molar-refractivity contribution in [1.29, 1.82) is 0 Å². The van der Waals surface area contributed by atoms with Crippen LogP contribution in [0.3, 0.4) is 0 Å². The van der Waals surface area contributed by atoms with Gasteiger partial charge >= 0.3 is 0 Å². The summed E-state index contributed by atoms with van der Waals surface area (Å²) < 4.78 is 29.6. The molecule has 4 aromatic carbocycles. The van der Waals surface area contributed by atoms with Gasteiger partial charge in [-0.3, -0.25) is 13.9 Å². The maximum Gasteiger partial charge on any atom is 0.264 e. The zero-order valence-corrected chi connectivity index (χ0v) is 28.9. The van der Waals surface area contributed by atoms with Gasteiger partial charge in [0.05, 0.1) is 10.6 Å². The van der Waals surface area contributed by atoms with E-state index in [-0.39, 0.29) is 35.5 Å². The number of aryl methyl sites for hydroxylation is 2. The van der Waals surface area contributed by atoms with E-state index in [1.165, 1.54) is 17.0 Å². The summed E-state index contributed by atoms with van der Waals surface area (Å²) in [5.41, 5.74) is 3.49. The van der Waals surface area contributed by atoms with Crippen LogP contribution >= 0.6 is 23.2 Å². The number of carbonyl (C=O) groups is 2. The average molecular weight is 693 g/mol. The molecule has 4 aromatic rings. The Kier molecular flexibility index (Phi) is 11.3. The van der Waals surface area contributed by atoms with Crippen molar-refractivity contribution in [2.24, 2.45) is 0 Å². The van der Waals surface area contributed by atoms with E-state index in [9.17, 15) is 18.0 Å². The van der Waals surface area contributed by atoms with Crippen LogP contribution in [0.25, 0.3) is 0 Å². The summed E-state index contributed by atoms with van der Waals surface area (Å²) in [6.45, 7) is 3.18. The molecular formula is C37H39Cl2N3O4S. The average Bonchev–Trinajstić information content (AvgIpc) is 3.56. The lowest BCUT2D eigenvalue weighted by atomic mass is 10.0. The van der Waals surface area contributed by atoms with Gasteiger partial charge in [0.2, 0.25) is 11.8 Å². The lowest BCUT2D eigenvalue weighted by molar-refractivity contribution is -0.140. The third kappa shape index (κ3) is 8.74. The van der Waals surface area contributed by atoms with E-state index < -0.39 is 28.5 Å². The summed E-state index contributed by atoms with van der Waals surface area (Å²) in [5, 5.41) is 4.04. The molecule has 1 aliphatic carbocycles. The zero-order chi connectivity index (χ0) is 33.6. The number of halogens is 2. The second kappa shape index (κ2) is 15.4. The Balaban J connectivity index is 1.58. The van der Waals surface area contributed by atoms with Gasteiger partial charge in [-0.05, 0) is 79.8 Å². The molecule has 1 saturated carbocycles. The Morgan fingerprint density at radius 2 is 1.53 bits per heavy atom. The van der Waals surface area contributed by atoms with Crippen molar-refractivity contribution >= 4 is 50.7 Å². The van der Waals surface area contributed by atoms with Crippen molar-refractivity contribution < 1.29 is 18.0 Å². The van der Waals surface area contributed by atoms with Gasteiger partial charge in [-0.25, -0.2) is 8.42 Å². The Labute approximate surface area is 287 Å². The number of hydrogen-bond acceptors (Lipinski definition) is 4. The molecule has 2 amide bonds. The van der Waals surface area contributed by atoms with Gasteiger partial charge < -0.3 is 10.2 Å². The van der Waals surface area contributed by atoms with Gasteiger partial charge in [-0.1, -0.05) is 102 Å². The number of sulfonamides is 1. The third-order valence-electron chi connectivity index (χ3n) is 8.55. The third-order valence-corrected chi connectivity index (χ3v) is 11.0. The molecule has 10 heteroatoms. The standard InChI is InChI=1S/C37H39Cl2N3O4S/c1-26-15-19-33(20-16-26)47(45,46)42(32-18-17-27(2)34(39)23-32)25-36(43)41(24-29-11-8-12-30(38)21-29)35(22-28-9-4-3-5-10-28)37(44)40-31-13-6-7-14-31/h3-5,8-12,15-21,23,31,35H,6-7,13-14,22,24-25H2,1-2H3,(H,40,44). The van der Waals surface area contributed by atoms with Crippen molar-refractivity contribution in [2.75, 3.05) is 10.8 Å². The fourth-order valence-electron chi connectivity index (χ4n) is 5.86. The van der Waals surface area contributed by atoms with Crippen LogP contribution in [0.1, 0.15) is 47.9 Å². The maximum absolute atomic E-state index is 14.6. The zero-order valence-electron chi connectivity index (χ0n) is 26.5. The predicted molar refractivity (Wildman–Crippen MR) is 188 cm³/mol. The molecule has 0 spiro atoms. The van der Waals surface area contributed by atoms with Gasteiger partial charge in [-0.2, -0.15) is 0 Å². The smallest absolute Gasteiger partial charge is 0.264 e. The number of anilines is 1. The number of rotatable bonds is 12. The quantitative estimate of drug-likeness (QED) is 0.167. The van der Waals surface area contributed by atoms with E-state index in [1.54, 1.807) is 48.5 Å². The van der Waals surface area contributed by atoms with Crippen molar-refractivity contribution in [3.05, 3.63) is 129 Å². The Hall–Kier alpha value is -3.85. The topological polar surface area (TPSA) is 86.8 Å². The summed E-state index contributed by atoms with van der Waals surface area (Å²) in [4.78, 5) is 30.3. The van der Waals surface area contributed by atoms with Crippen molar-refractivity contribution in [3.63, 3.8) is 0 Å². The first-order valence-electron chi connectivity index (χ1n) is 15.7. The minimum atomic E-state index is -4.23. The SMILES string of the molecule is Cc1ccc(S(=O)(=O)N(CC(=O)N(Cc2cccc(Cl)c2)C(Cc2ccccc2)C(=O)NC2CCCC2)c2ccc(C)c(Cl)c2)cc1.